The van der Waals surface area contributed by atoms with Gasteiger partial charge < -0.3 is 4.74 Å². The molecule has 34 heavy (non-hydrogen) atoms. The van der Waals surface area contributed by atoms with Gasteiger partial charge in [0.25, 0.3) is 0 Å². The lowest BCUT2D eigenvalue weighted by molar-refractivity contribution is -0.122. The van der Waals surface area contributed by atoms with E-state index in [0.717, 1.165) is 0 Å². The van der Waals surface area contributed by atoms with Crippen LogP contribution in [0, 0.1) is 11.8 Å². The zero-order valence-corrected chi connectivity index (χ0v) is 20.0. The number of imide groups is 1. The molecule has 172 valence electrons. The van der Waals surface area contributed by atoms with E-state index >= 15 is 0 Å². The Bertz CT molecular complexity index is 1330. The number of benzene rings is 3. The zero-order chi connectivity index (χ0) is 23.8. The standard InChI is InChI=1S/C30H29NO3/c1-5-34-23-13-9-8-12-22(23)31-28(32)26-24-18-10-6-7-11-19(18)25(27(26)29(31)33)21-16-17(30(2,3)4)14-15-20(21)24/h6-16,24-27H,5H2,1-4H3/t24-,25-,26+,27+/m1/s1. The van der Waals surface area contributed by atoms with Crippen LogP contribution in [0.3, 0.4) is 0 Å². The number of anilines is 1. The maximum atomic E-state index is 14.0. The fourth-order valence-electron chi connectivity index (χ4n) is 6.35. The molecular weight excluding hydrogens is 422 g/mol. The van der Waals surface area contributed by atoms with Gasteiger partial charge in [-0.1, -0.05) is 75.4 Å². The first-order valence-electron chi connectivity index (χ1n) is 12.2. The summed E-state index contributed by atoms with van der Waals surface area (Å²) in [5.41, 5.74) is 6.58. The third kappa shape index (κ3) is 2.78. The molecule has 0 N–H and O–H groups in total. The Morgan fingerprint density at radius 3 is 1.94 bits per heavy atom. The highest BCUT2D eigenvalue weighted by molar-refractivity contribution is 6.24. The van der Waals surface area contributed by atoms with Crippen molar-refractivity contribution in [3.63, 3.8) is 0 Å². The highest BCUT2D eigenvalue weighted by Gasteiger charge is 2.62. The largest absolute Gasteiger partial charge is 0.492 e. The topological polar surface area (TPSA) is 46.6 Å². The Hall–Kier alpha value is -3.40. The van der Waals surface area contributed by atoms with Crippen LogP contribution in [0.25, 0.3) is 0 Å². The number of nitrogens with zero attached hydrogens (tertiary/aromatic N) is 1. The molecule has 0 aromatic heterocycles. The van der Waals surface area contributed by atoms with Crippen LogP contribution in [0.1, 0.15) is 67.3 Å². The van der Waals surface area contributed by atoms with Gasteiger partial charge in [-0.25, -0.2) is 4.90 Å². The van der Waals surface area contributed by atoms with Crippen LogP contribution in [0.5, 0.6) is 5.75 Å². The van der Waals surface area contributed by atoms with E-state index in [1.165, 1.54) is 32.7 Å². The Labute approximate surface area is 200 Å². The second kappa shape index (κ2) is 7.30. The van der Waals surface area contributed by atoms with Crippen molar-refractivity contribution in [2.45, 2.75) is 44.9 Å². The molecule has 1 heterocycles. The molecule has 0 unspecified atom stereocenters. The van der Waals surface area contributed by atoms with Gasteiger partial charge in [0.1, 0.15) is 5.75 Å². The van der Waals surface area contributed by atoms with Crippen molar-refractivity contribution in [2.75, 3.05) is 11.5 Å². The van der Waals surface area contributed by atoms with E-state index in [1.807, 2.05) is 43.3 Å². The smallest absolute Gasteiger partial charge is 0.238 e. The quantitative estimate of drug-likeness (QED) is 0.474. The number of rotatable bonds is 3. The van der Waals surface area contributed by atoms with Crippen molar-refractivity contribution in [2.24, 2.45) is 11.8 Å². The zero-order valence-electron chi connectivity index (χ0n) is 20.0. The fourth-order valence-corrected chi connectivity index (χ4v) is 6.35. The van der Waals surface area contributed by atoms with Crippen molar-refractivity contribution >= 4 is 17.5 Å². The van der Waals surface area contributed by atoms with Gasteiger partial charge in [-0.3, -0.25) is 9.59 Å². The van der Waals surface area contributed by atoms with E-state index in [2.05, 4.69) is 51.1 Å². The molecule has 1 saturated heterocycles. The van der Waals surface area contributed by atoms with Gasteiger partial charge in [-0.15, -0.1) is 0 Å². The van der Waals surface area contributed by atoms with Gasteiger partial charge in [0.05, 0.1) is 24.1 Å². The molecule has 2 amide bonds. The number of amides is 2. The maximum Gasteiger partial charge on any atom is 0.238 e. The molecule has 4 atom stereocenters. The summed E-state index contributed by atoms with van der Waals surface area (Å²) >= 11 is 0. The summed E-state index contributed by atoms with van der Waals surface area (Å²) in [5, 5.41) is 0. The highest BCUT2D eigenvalue weighted by atomic mass is 16.5. The van der Waals surface area contributed by atoms with E-state index in [-0.39, 0.29) is 29.1 Å². The molecular formula is C30H29NO3. The number of ether oxygens (including phenoxy) is 1. The van der Waals surface area contributed by atoms with E-state index in [4.69, 9.17) is 4.74 Å². The number of carbonyl (C=O) groups is 2. The first-order valence-corrected chi connectivity index (χ1v) is 12.2. The van der Waals surface area contributed by atoms with Gasteiger partial charge in [-0.05, 0) is 52.3 Å². The minimum atomic E-state index is -0.398. The van der Waals surface area contributed by atoms with Crippen LogP contribution in [-0.2, 0) is 15.0 Å². The molecule has 0 spiro atoms. The molecule has 4 aliphatic rings. The van der Waals surface area contributed by atoms with Crippen molar-refractivity contribution in [3.05, 3.63) is 94.5 Å². The predicted octanol–water partition coefficient (Wildman–Crippen LogP) is 5.78. The molecule has 0 radical (unpaired) electrons. The van der Waals surface area contributed by atoms with Gasteiger partial charge in [0.2, 0.25) is 11.8 Å². The van der Waals surface area contributed by atoms with E-state index in [9.17, 15) is 9.59 Å². The van der Waals surface area contributed by atoms with Crippen LogP contribution in [0.2, 0.25) is 0 Å². The second-order valence-corrected chi connectivity index (χ2v) is 10.6. The van der Waals surface area contributed by atoms with Crippen molar-refractivity contribution < 1.29 is 14.3 Å². The minimum Gasteiger partial charge on any atom is -0.492 e. The molecule has 1 fully saturated rings. The average Bonchev–Trinajstić information content (AvgIpc) is 3.09. The second-order valence-electron chi connectivity index (χ2n) is 10.6. The van der Waals surface area contributed by atoms with Crippen LogP contribution in [-0.4, -0.2) is 18.4 Å². The Morgan fingerprint density at radius 1 is 0.765 bits per heavy atom. The Morgan fingerprint density at radius 2 is 1.32 bits per heavy atom. The molecule has 2 bridgehead atoms. The third-order valence-corrected chi connectivity index (χ3v) is 7.81. The summed E-state index contributed by atoms with van der Waals surface area (Å²) in [6.45, 7) is 9.01. The van der Waals surface area contributed by atoms with Gasteiger partial charge >= 0.3 is 0 Å². The number of hydrogen-bond acceptors (Lipinski definition) is 3. The van der Waals surface area contributed by atoms with Crippen molar-refractivity contribution in [1.82, 2.24) is 0 Å². The van der Waals surface area contributed by atoms with Gasteiger partial charge in [-0.2, -0.15) is 0 Å². The van der Waals surface area contributed by atoms with E-state index in [0.29, 0.717) is 18.0 Å². The molecule has 3 aromatic rings. The minimum absolute atomic E-state index is 0.00259. The molecule has 4 heteroatoms. The molecule has 3 aliphatic carbocycles. The van der Waals surface area contributed by atoms with Crippen molar-refractivity contribution in [1.29, 1.82) is 0 Å². The number of para-hydroxylation sites is 2. The number of hydrogen-bond donors (Lipinski definition) is 0. The van der Waals surface area contributed by atoms with Gasteiger partial charge in [0.15, 0.2) is 0 Å². The van der Waals surface area contributed by atoms with E-state index in [1.54, 1.807) is 0 Å². The molecule has 0 saturated carbocycles. The number of carbonyl (C=O) groups excluding carboxylic acids is 2. The lowest BCUT2D eigenvalue weighted by Crippen LogP contribution is -2.41. The molecule has 7 rings (SSSR count). The summed E-state index contributed by atoms with van der Waals surface area (Å²) in [4.78, 5) is 29.4. The van der Waals surface area contributed by atoms with Crippen LogP contribution >= 0.6 is 0 Å². The Kier molecular flexibility index (Phi) is 4.54. The van der Waals surface area contributed by atoms with Crippen LogP contribution < -0.4 is 9.64 Å². The summed E-state index contributed by atoms with van der Waals surface area (Å²) in [7, 11) is 0. The predicted molar refractivity (Wildman–Crippen MR) is 132 cm³/mol. The fraction of sp³-hybridized carbons (Fsp3) is 0.333. The monoisotopic (exact) mass is 451 g/mol. The first-order chi connectivity index (χ1) is 16.3. The highest BCUT2D eigenvalue weighted by Crippen LogP contribution is 2.62. The van der Waals surface area contributed by atoms with Crippen molar-refractivity contribution in [3.8, 4) is 5.75 Å². The normalized spacial score (nSPS) is 24.6. The average molecular weight is 452 g/mol. The summed E-state index contributed by atoms with van der Waals surface area (Å²) < 4.78 is 5.80. The summed E-state index contributed by atoms with van der Waals surface area (Å²) in [5.74, 6) is -0.682. The summed E-state index contributed by atoms with van der Waals surface area (Å²) in [6, 6.07) is 22.4. The lowest BCUT2D eigenvalue weighted by atomic mass is 9.54. The summed E-state index contributed by atoms with van der Waals surface area (Å²) in [6.07, 6.45) is 0. The Balaban J connectivity index is 1.55. The maximum absolute atomic E-state index is 14.0. The van der Waals surface area contributed by atoms with E-state index < -0.39 is 11.8 Å². The van der Waals surface area contributed by atoms with Crippen LogP contribution in [0.15, 0.2) is 66.7 Å². The lowest BCUT2D eigenvalue weighted by Gasteiger charge is -2.46. The SMILES string of the molecule is CCOc1ccccc1N1C(=O)[C@H]2[C@@H]3c4ccccc4[C@H](c4cc(C(C)(C)C)ccc43)[C@@H]2C1=O. The molecule has 3 aromatic carbocycles. The van der Waals surface area contributed by atoms with Crippen LogP contribution in [0.4, 0.5) is 5.69 Å². The first kappa shape index (κ1) is 21.2. The molecule has 1 aliphatic heterocycles. The van der Waals surface area contributed by atoms with Gasteiger partial charge in [0, 0.05) is 11.8 Å². The molecule has 4 nitrogen and oxygen atoms in total. The third-order valence-electron chi connectivity index (χ3n) is 7.81.